The Kier molecular flexibility index (Phi) is 6.23. The lowest BCUT2D eigenvalue weighted by Crippen LogP contribution is -2.30. The van der Waals surface area contributed by atoms with E-state index in [0.717, 1.165) is 37.4 Å². The van der Waals surface area contributed by atoms with Gasteiger partial charge in [-0.1, -0.05) is 23.8 Å². The minimum Gasteiger partial charge on any atom is -0.496 e. The number of benzene rings is 2. The molecule has 4 rings (SSSR count). The Morgan fingerprint density at radius 1 is 0.871 bits per heavy atom. The molecule has 1 atom stereocenters. The second kappa shape index (κ2) is 9.06. The molecule has 0 fully saturated rings. The molecule has 31 heavy (non-hydrogen) atoms. The minimum absolute atomic E-state index is 0.0490. The SMILES string of the molecule is COc1cc(OC)c(C2c3cccn3CCCN2Cc2ccc(C)cc2C)cc1OC. The van der Waals surface area contributed by atoms with Crippen LogP contribution in [0.2, 0.25) is 0 Å². The number of hydrogen-bond donors (Lipinski definition) is 0. The number of aromatic nitrogens is 1. The first-order valence-corrected chi connectivity index (χ1v) is 10.8. The molecule has 0 bridgehead atoms. The molecule has 1 unspecified atom stereocenters. The third-order valence-electron chi connectivity index (χ3n) is 6.26. The highest BCUT2D eigenvalue weighted by Crippen LogP contribution is 2.43. The molecule has 0 aliphatic carbocycles. The van der Waals surface area contributed by atoms with Gasteiger partial charge < -0.3 is 18.8 Å². The summed E-state index contributed by atoms with van der Waals surface area (Å²) in [5, 5.41) is 0. The van der Waals surface area contributed by atoms with Gasteiger partial charge in [-0.25, -0.2) is 0 Å². The van der Waals surface area contributed by atoms with Gasteiger partial charge in [0.25, 0.3) is 0 Å². The van der Waals surface area contributed by atoms with Crippen molar-refractivity contribution in [1.29, 1.82) is 0 Å². The predicted molar refractivity (Wildman–Crippen MR) is 123 cm³/mol. The van der Waals surface area contributed by atoms with Crippen molar-refractivity contribution >= 4 is 0 Å². The third kappa shape index (κ3) is 4.15. The molecular formula is C26H32N2O3. The van der Waals surface area contributed by atoms with E-state index in [0.29, 0.717) is 11.5 Å². The molecule has 0 N–H and O–H groups in total. The van der Waals surface area contributed by atoms with Gasteiger partial charge in [0, 0.05) is 43.2 Å². The van der Waals surface area contributed by atoms with Crippen molar-refractivity contribution in [2.24, 2.45) is 0 Å². The van der Waals surface area contributed by atoms with Crippen LogP contribution in [0.1, 0.15) is 40.4 Å². The van der Waals surface area contributed by atoms with Crippen LogP contribution in [0.5, 0.6) is 17.2 Å². The van der Waals surface area contributed by atoms with Crippen LogP contribution >= 0.6 is 0 Å². The monoisotopic (exact) mass is 420 g/mol. The van der Waals surface area contributed by atoms with Gasteiger partial charge in [0.1, 0.15) is 5.75 Å². The summed E-state index contributed by atoms with van der Waals surface area (Å²) in [5.74, 6) is 2.20. The van der Waals surface area contributed by atoms with Crippen molar-refractivity contribution in [2.75, 3.05) is 27.9 Å². The molecule has 1 aromatic heterocycles. The minimum atomic E-state index is 0.0490. The predicted octanol–water partition coefficient (Wildman–Crippen LogP) is 5.13. The number of fused-ring (bicyclic) bond motifs is 1. The molecule has 0 saturated heterocycles. The lowest BCUT2D eigenvalue weighted by atomic mass is 9.98. The zero-order valence-corrected chi connectivity index (χ0v) is 19.1. The van der Waals surface area contributed by atoms with Gasteiger partial charge in [0.05, 0.1) is 27.4 Å². The smallest absolute Gasteiger partial charge is 0.164 e. The summed E-state index contributed by atoms with van der Waals surface area (Å²) < 4.78 is 19.4. The number of ether oxygens (including phenoxy) is 3. The lowest BCUT2D eigenvalue weighted by Gasteiger charge is -2.32. The maximum absolute atomic E-state index is 5.84. The molecular weight excluding hydrogens is 388 g/mol. The largest absolute Gasteiger partial charge is 0.496 e. The van der Waals surface area contributed by atoms with Crippen LogP contribution in [0.4, 0.5) is 0 Å². The van der Waals surface area contributed by atoms with Crippen molar-refractivity contribution < 1.29 is 14.2 Å². The first-order chi connectivity index (χ1) is 15.0. The van der Waals surface area contributed by atoms with Gasteiger partial charge in [-0.15, -0.1) is 0 Å². The molecule has 0 spiro atoms. The van der Waals surface area contributed by atoms with Crippen molar-refractivity contribution in [2.45, 2.75) is 39.4 Å². The summed E-state index contributed by atoms with van der Waals surface area (Å²) in [6, 6.07) is 15.1. The van der Waals surface area contributed by atoms with Gasteiger partial charge in [-0.2, -0.15) is 0 Å². The van der Waals surface area contributed by atoms with Crippen LogP contribution in [-0.4, -0.2) is 37.3 Å². The summed E-state index contributed by atoms with van der Waals surface area (Å²) in [6.07, 6.45) is 3.27. The van der Waals surface area contributed by atoms with Crippen molar-refractivity contribution in [3.8, 4) is 17.2 Å². The van der Waals surface area contributed by atoms with E-state index < -0.39 is 0 Å². The molecule has 3 aromatic rings. The van der Waals surface area contributed by atoms with Crippen LogP contribution in [0.15, 0.2) is 48.7 Å². The van der Waals surface area contributed by atoms with E-state index in [9.17, 15) is 0 Å². The van der Waals surface area contributed by atoms with E-state index in [1.165, 1.54) is 22.4 Å². The van der Waals surface area contributed by atoms with E-state index in [1.807, 2.05) is 6.07 Å². The fraction of sp³-hybridized carbons (Fsp3) is 0.385. The van der Waals surface area contributed by atoms with Gasteiger partial charge in [0.15, 0.2) is 11.5 Å². The number of nitrogens with zero attached hydrogens (tertiary/aromatic N) is 2. The lowest BCUT2D eigenvalue weighted by molar-refractivity contribution is 0.215. The van der Waals surface area contributed by atoms with E-state index in [-0.39, 0.29) is 6.04 Å². The van der Waals surface area contributed by atoms with Crippen LogP contribution in [-0.2, 0) is 13.1 Å². The number of methoxy groups -OCH3 is 3. The Hall–Kier alpha value is -2.92. The number of rotatable bonds is 6. The zero-order chi connectivity index (χ0) is 22.0. The van der Waals surface area contributed by atoms with Crippen LogP contribution in [0.3, 0.4) is 0 Å². The molecule has 5 nitrogen and oxygen atoms in total. The van der Waals surface area contributed by atoms with Crippen molar-refractivity contribution in [3.63, 3.8) is 0 Å². The highest BCUT2D eigenvalue weighted by Gasteiger charge is 2.31. The fourth-order valence-corrected chi connectivity index (χ4v) is 4.67. The Morgan fingerprint density at radius 2 is 1.61 bits per heavy atom. The Labute approximate surface area is 185 Å². The fourth-order valence-electron chi connectivity index (χ4n) is 4.67. The first-order valence-electron chi connectivity index (χ1n) is 10.8. The summed E-state index contributed by atoms with van der Waals surface area (Å²) in [7, 11) is 5.05. The van der Waals surface area contributed by atoms with Crippen LogP contribution < -0.4 is 14.2 Å². The van der Waals surface area contributed by atoms with E-state index in [4.69, 9.17) is 14.2 Å². The number of aryl methyl sites for hydroxylation is 3. The summed E-state index contributed by atoms with van der Waals surface area (Å²) in [6.45, 7) is 7.23. The third-order valence-corrected chi connectivity index (χ3v) is 6.26. The molecule has 0 radical (unpaired) electrons. The quantitative estimate of drug-likeness (QED) is 0.554. The first kappa shape index (κ1) is 21.3. The average molecular weight is 421 g/mol. The second-order valence-corrected chi connectivity index (χ2v) is 8.23. The topological polar surface area (TPSA) is 35.9 Å². The van der Waals surface area contributed by atoms with E-state index >= 15 is 0 Å². The summed E-state index contributed by atoms with van der Waals surface area (Å²) >= 11 is 0. The summed E-state index contributed by atoms with van der Waals surface area (Å²) in [5.41, 5.74) is 6.34. The Balaban J connectivity index is 1.84. The van der Waals surface area contributed by atoms with Crippen molar-refractivity contribution in [1.82, 2.24) is 9.47 Å². The molecule has 164 valence electrons. The van der Waals surface area contributed by atoms with Crippen LogP contribution in [0, 0.1) is 13.8 Å². The Morgan fingerprint density at radius 3 is 2.32 bits per heavy atom. The molecule has 2 aromatic carbocycles. The normalized spacial score (nSPS) is 16.5. The van der Waals surface area contributed by atoms with Gasteiger partial charge in [0.2, 0.25) is 0 Å². The Bertz CT molecular complexity index is 1060. The standard InChI is InChI=1S/C26H32N2O3/c1-18-9-10-20(19(2)14-18)17-28-13-7-12-27-11-6-8-22(27)26(28)21-15-24(30-4)25(31-5)16-23(21)29-3/h6,8-11,14-16,26H,7,12-13,17H2,1-5H3. The van der Waals surface area contributed by atoms with Crippen LogP contribution in [0.25, 0.3) is 0 Å². The van der Waals surface area contributed by atoms with E-state index in [1.54, 1.807) is 21.3 Å². The molecule has 1 aliphatic rings. The maximum Gasteiger partial charge on any atom is 0.164 e. The highest BCUT2D eigenvalue weighted by atomic mass is 16.5. The average Bonchev–Trinajstić information content (AvgIpc) is 3.16. The second-order valence-electron chi connectivity index (χ2n) is 8.23. The molecule has 0 saturated carbocycles. The van der Waals surface area contributed by atoms with E-state index in [2.05, 4.69) is 65.9 Å². The van der Waals surface area contributed by atoms with Crippen molar-refractivity contribution in [3.05, 3.63) is 76.6 Å². The van der Waals surface area contributed by atoms with Gasteiger partial charge in [-0.3, -0.25) is 4.90 Å². The molecule has 0 amide bonds. The molecule has 5 heteroatoms. The highest BCUT2D eigenvalue weighted by molar-refractivity contribution is 5.53. The molecule has 1 aliphatic heterocycles. The zero-order valence-electron chi connectivity index (χ0n) is 19.1. The number of hydrogen-bond acceptors (Lipinski definition) is 4. The van der Waals surface area contributed by atoms with Gasteiger partial charge in [-0.05, 0) is 49.6 Å². The van der Waals surface area contributed by atoms with Gasteiger partial charge >= 0.3 is 0 Å². The summed E-state index contributed by atoms with van der Waals surface area (Å²) in [4.78, 5) is 2.56. The maximum atomic E-state index is 5.84. The molecule has 2 heterocycles.